The van der Waals surface area contributed by atoms with Crippen molar-refractivity contribution >= 4 is 23.2 Å². The number of anilines is 2. The molecule has 0 aliphatic carbocycles. The summed E-state index contributed by atoms with van der Waals surface area (Å²) in [5, 5.41) is 14.8. The van der Waals surface area contributed by atoms with E-state index in [1.807, 2.05) is 32.9 Å². The zero-order valence-corrected chi connectivity index (χ0v) is 16.9. The Hall–Kier alpha value is -2.51. The molecule has 2 fully saturated rings. The van der Waals surface area contributed by atoms with Gasteiger partial charge in [-0.3, -0.25) is 10.1 Å². The lowest BCUT2D eigenvalue weighted by atomic mass is 10.0. The Balaban J connectivity index is 1.64. The van der Waals surface area contributed by atoms with Crippen molar-refractivity contribution in [3.05, 3.63) is 28.3 Å². The van der Waals surface area contributed by atoms with Crippen molar-refractivity contribution in [1.29, 1.82) is 0 Å². The van der Waals surface area contributed by atoms with Crippen molar-refractivity contribution in [1.82, 2.24) is 4.90 Å². The van der Waals surface area contributed by atoms with Gasteiger partial charge in [0.15, 0.2) is 0 Å². The Bertz CT molecular complexity index is 717. The Morgan fingerprint density at radius 3 is 2.39 bits per heavy atom. The SMILES string of the molecule is CC(C)(C)OC(=O)N1CCC(Nc2cc(N3CCCC3)ccc2[N+](=O)[O-])CC1. The summed E-state index contributed by atoms with van der Waals surface area (Å²) in [5.74, 6) is 0. The lowest BCUT2D eigenvalue weighted by molar-refractivity contribution is -0.384. The summed E-state index contributed by atoms with van der Waals surface area (Å²) >= 11 is 0. The minimum atomic E-state index is -0.511. The highest BCUT2D eigenvalue weighted by atomic mass is 16.6. The fourth-order valence-corrected chi connectivity index (χ4v) is 3.72. The highest BCUT2D eigenvalue weighted by Crippen LogP contribution is 2.32. The van der Waals surface area contributed by atoms with E-state index >= 15 is 0 Å². The topological polar surface area (TPSA) is 88.0 Å². The number of ether oxygens (including phenoxy) is 1. The summed E-state index contributed by atoms with van der Waals surface area (Å²) in [6.07, 6.45) is 3.47. The standard InChI is InChI=1S/C20H30N4O4/c1-20(2,3)28-19(25)23-12-8-15(9-13-23)21-17-14-16(22-10-4-5-11-22)6-7-18(17)24(26)27/h6-7,14-15,21H,4-5,8-13H2,1-3H3. The van der Waals surface area contributed by atoms with Crippen molar-refractivity contribution in [3.8, 4) is 0 Å². The third kappa shape index (κ3) is 5.05. The van der Waals surface area contributed by atoms with E-state index in [1.54, 1.807) is 11.0 Å². The van der Waals surface area contributed by atoms with Gasteiger partial charge in [-0.2, -0.15) is 0 Å². The summed E-state index contributed by atoms with van der Waals surface area (Å²) in [5.41, 5.74) is 1.17. The first-order valence-corrected chi connectivity index (χ1v) is 10.0. The molecule has 0 bridgehead atoms. The molecule has 0 saturated carbocycles. The van der Waals surface area contributed by atoms with E-state index in [0.717, 1.165) is 44.5 Å². The predicted molar refractivity (Wildman–Crippen MR) is 109 cm³/mol. The van der Waals surface area contributed by atoms with Gasteiger partial charge in [0.1, 0.15) is 11.3 Å². The van der Waals surface area contributed by atoms with Crippen LogP contribution in [0.1, 0.15) is 46.5 Å². The molecule has 3 rings (SSSR count). The Morgan fingerprint density at radius 1 is 1.18 bits per heavy atom. The number of hydrogen-bond acceptors (Lipinski definition) is 6. The van der Waals surface area contributed by atoms with Crippen LogP contribution in [0.3, 0.4) is 0 Å². The molecule has 0 radical (unpaired) electrons. The summed E-state index contributed by atoms with van der Waals surface area (Å²) in [4.78, 5) is 27.3. The first-order valence-electron chi connectivity index (χ1n) is 10.0. The van der Waals surface area contributed by atoms with Crippen LogP contribution in [-0.4, -0.2) is 53.7 Å². The number of nitrogens with zero attached hydrogens (tertiary/aromatic N) is 3. The number of likely N-dealkylation sites (tertiary alicyclic amines) is 1. The number of rotatable bonds is 4. The number of amides is 1. The Kier molecular flexibility index (Phi) is 5.96. The van der Waals surface area contributed by atoms with Gasteiger partial charge in [0, 0.05) is 44.0 Å². The second kappa shape index (κ2) is 8.24. The summed E-state index contributed by atoms with van der Waals surface area (Å²) in [6.45, 7) is 8.69. The molecule has 2 aliphatic heterocycles. The van der Waals surface area contributed by atoms with Crippen molar-refractivity contribution in [2.75, 3.05) is 36.4 Å². The molecule has 0 atom stereocenters. The summed E-state index contributed by atoms with van der Waals surface area (Å²) in [6, 6.07) is 5.40. The smallest absolute Gasteiger partial charge is 0.410 e. The third-order valence-corrected chi connectivity index (χ3v) is 5.15. The van der Waals surface area contributed by atoms with Gasteiger partial charge < -0.3 is 19.9 Å². The molecule has 1 N–H and O–H groups in total. The van der Waals surface area contributed by atoms with Crippen LogP contribution in [0.25, 0.3) is 0 Å². The van der Waals surface area contributed by atoms with Crippen LogP contribution < -0.4 is 10.2 Å². The zero-order chi connectivity index (χ0) is 20.3. The molecule has 2 saturated heterocycles. The van der Waals surface area contributed by atoms with Crippen molar-refractivity contribution in [2.45, 2.75) is 58.1 Å². The van der Waals surface area contributed by atoms with E-state index in [9.17, 15) is 14.9 Å². The molecule has 1 aromatic rings. The van der Waals surface area contributed by atoms with Crippen LogP contribution in [0.5, 0.6) is 0 Å². The number of benzene rings is 1. The van der Waals surface area contributed by atoms with Gasteiger partial charge in [-0.15, -0.1) is 0 Å². The summed E-state index contributed by atoms with van der Waals surface area (Å²) in [7, 11) is 0. The molecule has 8 heteroatoms. The number of carbonyl (C=O) groups is 1. The van der Waals surface area contributed by atoms with E-state index in [4.69, 9.17) is 4.74 Å². The van der Waals surface area contributed by atoms with E-state index in [1.165, 1.54) is 0 Å². The number of carbonyl (C=O) groups excluding carboxylic acids is 1. The molecule has 154 valence electrons. The van der Waals surface area contributed by atoms with Gasteiger partial charge in [-0.1, -0.05) is 0 Å². The maximum absolute atomic E-state index is 12.2. The first-order chi connectivity index (χ1) is 13.2. The minimum absolute atomic E-state index is 0.0891. The quantitative estimate of drug-likeness (QED) is 0.617. The van der Waals surface area contributed by atoms with E-state index in [2.05, 4.69) is 10.2 Å². The van der Waals surface area contributed by atoms with Crippen LogP contribution in [0.4, 0.5) is 21.9 Å². The number of piperidine rings is 1. The highest BCUT2D eigenvalue weighted by Gasteiger charge is 2.28. The molecule has 0 unspecified atom stereocenters. The molecule has 2 heterocycles. The lowest BCUT2D eigenvalue weighted by Gasteiger charge is -2.34. The van der Waals surface area contributed by atoms with E-state index in [-0.39, 0.29) is 22.7 Å². The maximum Gasteiger partial charge on any atom is 0.410 e. The average Bonchev–Trinajstić information content (AvgIpc) is 3.15. The predicted octanol–water partition coefficient (Wildman–Crippen LogP) is 4.01. The lowest BCUT2D eigenvalue weighted by Crippen LogP contribution is -2.44. The van der Waals surface area contributed by atoms with Gasteiger partial charge in [-0.25, -0.2) is 4.79 Å². The van der Waals surface area contributed by atoms with Crippen molar-refractivity contribution in [2.24, 2.45) is 0 Å². The molecule has 0 aromatic heterocycles. The van der Waals surface area contributed by atoms with Gasteiger partial charge in [0.05, 0.1) is 4.92 Å². The van der Waals surface area contributed by atoms with Gasteiger partial charge in [0.2, 0.25) is 0 Å². The minimum Gasteiger partial charge on any atom is -0.444 e. The largest absolute Gasteiger partial charge is 0.444 e. The highest BCUT2D eigenvalue weighted by molar-refractivity contribution is 5.70. The Morgan fingerprint density at radius 2 is 1.82 bits per heavy atom. The average molecular weight is 390 g/mol. The van der Waals surface area contributed by atoms with Crippen molar-refractivity contribution in [3.63, 3.8) is 0 Å². The molecular weight excluding hydrogens is 360 g/mol. The zero-order valence-electron chi connectivity index (χ0n) is 16.9. The van der Waals surface area contributed by atoms with Gasteiger partial charge >= 0.3 is 6.09 Å². The molecule has 8 nitrogen and oxygen atoms in total. The fourth-order valence-electron chi connectivity index (χ4n) is 3.72. The van der Waals surface area contributed by atoms with Crippen LogP contribution >= 0.6 is 0 Å². The van der Waals surface area contributed by atoms with Crippen LogP contribution in [-0.2, 0) is 4.74 Å². The molecule has 2 aliphatic rings. The maximum atomic E-state index is 12.2. The Labute approximate surface area is 166 Å². The number of nitrogens with one attached hydrogen (secondary N) is 1. The molecular formula is C20H30N4O4. The second-order valence-electron chi connectivity index (χ2n) is 8.54. The molecule has 1 aromatic carbocycles. The molecule has 1 amide bonds. The van der Waals surface area contributed by atoms with Crippen molar-refractivity contribution < 1.29 is 14.5 Å². The van der Waals surface area contributed by atoms with E-state index < -0.39 is 5.60 Å². The van der Waals surface area contributed by atoms with E-state index in [0.29, 0.717) is 18.8 Å². The third-order valence-electron chi connectivity index (χ3n) is 5.15. The van der Waals surface area contributed by atoms with Gasteiger partial charge in [-0.05, 0) is 58.6 Å². The number of hydrogen-bond donors (Lipinski definition) is 1. The van der Waals surface area contributed by atoms with Crippen LogP contribution in [0, 0.1) is 10.1 Å². The number of nitro groups is 1. The van der Waals surface area contributed by atoms with Crippen LogP contribution in [0.2, 0.25) is 0 Å². The first kappa shape index (κ1) is 20.2. The molecule has 0 spiro atoms. The monoisotopic (exact) mass is 390 g/mol. The normalized spacial score (nSPS) is 18.2. The van der Waals surface area contributed by atoms with Gasteiger partial charge in [0.25, 0.3) is 5.69 Å². The van der Waals surface area contributed by atoms with Crippen LogP contribution in [0.15, 0.2) is 18.2 Å². The summed E-state index contributed by atoms with van der Waals surface area (Å²) < 4.78 is 5.43. The second-order valence-corrected chi connectivity index (χ2v) is 8.54. The molecule has 28 heavy (non-hydrogen) atoms. The fraction of sp³-hybridized carbons (Fsp3) is 0.650. The number of nitro benzene ring substituents is 1.